The molecule has 1 aliphatic heterocycles. The molecule has 25 heavy (non-hydrogen) atoms. The number of hydrogen-bond donors (Lipinski definition) is 1. The van der Waals surface area contributed by atoms with E-state index in [9.17, 15) is 4.79 Å². The molecule has 0 aromatic heterocycles. The van der Waals surface area contributed by atoms with Crippen LogP contribution < -0.4 is 10.1 Å². The van der Waals surface area contributed by atoms with Gasteiger partial charge in [0.2, 0.25) is 0 Å². The number of carbonyl (C=O) groups is 1. The lowest BCUT2D eigenvalue weighted by Crippen LogP contribution is -2.35. The van der Waals surface area contributed by atoms with Crippen molar-refractivity contribution in [3.63, 3.8) is 0 Å². The van der Waals surface area contributed by atoms with Crippen molar-refractivity contribution in [2.75, 3.05) is 20.1 Å². The highest BCUT2D eigenvalue weighted by atomic mass is 16.5. The molecule has 0 unspecified atom stereocenters. The standard InChI is InChI=1S/C21H26N2O2/c1-16-4-3-5-18(14-16)21(24)22-15-17-6-8-19(9-7-17)25-20-10-12-23(2)13-11-20/h3-9,14,20H,10-13,15H2,1-2H3,(H,22,24). The number of ether oxygens (including phenoxy) is 1. The summed E-state index contributed by atoms with van der Waals surface area (Å²) in [6, 6.07) is 15.6. The molecule has 4 heteroatoms. The third-order valence-corrected chi connectivity index (χ3v) is 4.63. The molecule has 0 radical (unpaired) electrons. The summed E-state index contributed by atoms with van der Waals surface area (Å²) in [5, 5.41) is 2.96. The summed E-state index contributed by atoms with van der Waals surface area (Å²) in [4.78, 5) is 14.5. The van der Waals surface area contributed by atoms with E-state index in [1.807, 2.05) is 55.5 Å². The fourth-order valence-corrected chi connectivity index (χ4v) is 3.05. The lowest BCUT2D eigenvalue weighted by atomic mass is 10.1. The average molecular weight is 338 g/mol. The van der Waals surface area contributed by atoms with Crippen molar-refractivity contribution in [2.24, 2.45) is 0 Å². The van der Waals surface area contributed by atoms with Crippen LogP contribution in [0.15, 0.2) is 48.5 Å². The van der Waals surface area contributed by atoms with Gasteiger partial charge in [-0.15, -0.1) is 0 Å². The van der Waals surface area contributed by atoms with E-state index < -0.39 is 0 Å². The molecule has 0 bridgehead atoms. The number of nitrogens with one attached hydrogen (secondary N) is 1. The highest BCUT2D eigenvalue weighted by molar-refractivity contribution is 5.94. The maximum absolute atomic E-state index is 12.2. The topological polar surface area (TPSA) is 41.6 Å². The Labute approximate surface area is 149 Å². The molecular weight excluding hydrogens is 312 g/mol. The largest absolute Gasteiger partial charge is 0.490 e. The predicted molar refractivity (Wildman–Crippen MR) is 99.9 cm³/mol. The summed E-state index contributed by atoms with van der Waals surface area (Å²) in [7, 11) is 2.15. The summed E-state index contributed by atoms with van der Waals surface area (Å²) in [5.41, 5.74) is 2.85. The van der Waals surface area contributed by atoms with Gasteiger partial charge in [-0.2, -0.15) is 0 Å². The lowest BCUT2D eigenvalue weighted by molar-refractivity contribution is 0.0951. The van der Waals surface area contributed by atoms with E-state index in [0.29, 0.717) is 18.2 Å². The molecule has 1 N–H and O–H groups in total. The van der Waals surface area contributed by atoms with Crippen LogP contribution in [0.25, 0.3) is 0 Å². The van der Waals surface area contributed by atoms with Gasteiger partial charge in [0.1, 0.15) is 11.9 Å². The fourth-order valence-electron chi connectivity index (χ4n) is 3.05. The smallest absolute Gasteiger partial charge is 0.251 e. The van der Waals surface area contributed by atoms with Gasteiger partial charge in [0.25, 0.3) is 5.91 Å². The van der Waals surface area contributed by atoms with E-state index in [4.69, 9.17) is 4.74 Å². The Bertz CT molecular complexity index is 704. The molecule has 132 valence electrons. The van der Waals surface area contributed by atoms with Gasteiger partial charge < -0.3 is 15.0 Å². The minimum atomic E-state index is -0.0460. The monoisotopic (exact) mass is 338 g/mol. The maximum Gasteiger partial charge on any atom is 0.251 e. The number of piperidine rings is 1. The van der Waals surface area contributed by atoms with Crippen molar-refractivity contribution in [1.82, 2.24) is 10.2 Å². The summed E-state index contributed by atoms with van der Waals surface area (Å²) in [6.45, 7) is 4.68. The van der Waals surface area contributed by atoms with E-state index >= 15 is 0 Å². The first-order valence-corrected chi connectivity index (χ1v) is 8.89. The maximum atomic E-state index is 12.2. The first-order chi connectivity index (χ1) is 12.1. The first kappa shape index (κ1) is 17.5. The number of amides is 1. The van der Waals surface area contributed by atoms with Crippen molar-refractivity contribution >= 4 is 5.91 Å². The third kappa shape index (κ3) is 5.07. The second kappa shape index (κ2) is 8.17. The van der Waals surface area contributed by atoms with Crippen LogP contribution in [0.2, 0.25) is 0 Å². The van der Waals surface area contributed by atoms with Crippen LogP contribution in [0.4, 0.5) is 0 Å². The van der Waals surface area contributed by atoms with E-state index in [1.54, 1.807) is 0 Å². The van der Waals surface area contributed by atoms with Crippen LogP contribution >= 0.6 is 0 Å². The van der Waals surface area contributed by atoms with E-state index in [2.05, 4.69) is 17.3 Å². The molecule has 0 aliphatic carbocycles. The molecule has 0 saturated carbocycles. The van der Waals surface area contributed by atoms with Crippen molar-refractivity contribution in [1.29, 1.82) is 0 Å². The van der Waals surface area contributed by atoms with Crippen LogP contribution in [-0.4, -0.2) is 37.0 Å². The summed E-state index contributed by atoms with van der Waals surface area (Å²) < 4.78 is 6.05. The van der Waals surface area contributed by atoms with Crippen LogP contribution in [0, 0.1) is 6.92 Å². The number of rotatable bonds is 5. The summed E-state index contributed by atoms with van der Waals surface area (Å²) in [6.07, 6.45) is 2.46. The van der Waals surface area contributed by atoms with Crippen LogP contribution in [-0.2, 0) is 6.54 Å². The first-order valence-electron chi connectivity index (χ1n) is 8.89. The zero-order valence-electron chi connectivity index (χ0n) is 15.0. The zero-order chi connectivity index (χ0) is 17.6. The SMILES string of the molecule is Cc1cccc(C(=O)NCc2ccc(OC3CCN(C)CC3)cc2)c1. The zero-order valence-corrected chi connectivity index (χ0v) is 15.0. The van der Waals surface area contributed by atoms with E-state index in [-0.39, 0.29) is 5.91 Å². The molecule has 1 saturated heterocycles. The Morgan fingerprint density at radius 2 is 1.88 bits per heavy atom. The van der Waals surface area contributed by atoms with Gasteiger partial charge >= 0.3 is 0 Å². The molecule has 1 amide bonds. The second-order valence-electron chi connectivity index (χ2n) is 6.82. The fraction of sp³-hybridized carbons (Fsp3) is 0.381. The number of nitrogens with zero attached hydrogens (tertiary/aromatic N) is 1. The highest BCUT2D eigenvalue weighted by Gasteiger charge is 2.17. The minimum absolute atomic E-state index is 0.0460. The Balaban J connectivity index is 1.50. The lowest BCUT2D eigenvalue weighted by Gasteiger charge is -2.29. The quantitative estimate of drug-likeness (QED) is 0.908. The molecule has 1 aliphatic rings. The average Bonchev–Trinajstić information content (AvgIpc) is 2.63. The Hall–Kier alpha value is -2.33. The van der Waals surface area contributed by atoms with Gasteiger partial charge in [0.15, 0.2) is 0 Å². The van der Waals surface area contributed by atoms with Crippen LogP contribution in [0.5, 0.6) is 5.75 Å². The predicted octanol–water partition coefficient (Wildman–Crippen LogP) is 3.40. The molecule has 1 heterocycles. The second-order valence-corrected chi connectivity index (χ2v) is 6.82. The summed E-state index contributed by atoms with van der Waals surface area (Å²) >= 11 is 0. The van der Waals surface area contributed by atoms with Crippen LogP contribution in [0.3, 0.4) is 0 Å². The van der Waals surface area contributed by atoms with Crippen molar-refractivity contribution in [2.45, 2.75) is 32.4 Å². The molecule has 2 aromatic rings. The number of benzene rings is 2. The van der Waals surface area contributed by atoms with Crippen molar-refractivity contribution in [3.8, 4) is 5.75 Å². The van der Waals surface area contributed by atoms with E-state index in [0.717, 1.165) is 42.8 Å². The highest BCUT2D eigenvalue weighted by Crippen LogP contribution is 2.19. The third-order valence-electron chi connectivity index (χ3n) is 4.63. The van der Waals surface area contributed by atoms with Gasteiger partial charge in [-0.1, -0.05) is 29.8 Å². The number of hydrogen-bond acceptors (Lipinski definition) is 3. The molecule has 1 fully saturated rings. The molecular formula is C21H26N2O2. The van der Waals surface area contributed by atoms with Gasteiger partial charge in [0, 0.05) is 25.2 Å². The minimum Gasteiger partial charge on any atom is -0.490 e. The molecule has 0 atom stereocenters. The van der Waals surface area contributed by atoms with Crippen molar-refractivity contribution in [3.05, 3.63) is 65.2 Å². The Morgan fingerprint density at radius 3 is 2.56 bits per heavy atom. The normalized spacial score (nSPS) is 15.8. The van der Waals surface area contributed by atoms with Crippen LogP contribution in [0.1, 0.15) is 34.3 Å². The van der Waals surface area contributed by atoms with Gasteiger partial charge in [0.05, 0.1) is 0 Å². The summed E-state index contributed by atoms with van der Waals surface area (Å²) in [5.74, 6) is 0.860. The van der Waals surface area contributed by atoms with Crippen molar-refractivity contribution < 1.29 is 9.53 Å². The molecule has 3 rings (SSSR count). The Kier molecular flexibility index (Phi) is 5.71. The number of aryl methyl sites for hydroxylation is 1. The molecule has 4 nitrogen and oxygen atoms in total. The molecule has 2 aromatic carbocycles. The van der Waals surface area contributed by atoms with Gasteiger partial charge in [-0.05, 0) is 56.6 Å². The Morgan fingerprint density at radius 1 is 1.16 bits per heavy atom. The van der Waals surface area contributed by atoms with Gasteiger partial charge in [-0.25, -0.2) is 0 Å². The number of likely N-dealkylation sites (tertiary alicyclic amines) is 1. The van der Waals surface area contributed by atoms with E-state index in [1.165, 1.54) is 0 Å². The molecule has 0 spiro atoms. The van der Waals surface area contributed by atoms with Gasteiger partial charge in [-0.3, -0.25) is 4.79 Å². The number of carbonyl (C=O) groups excluding carboxylic acids is 1.